The van der Waals surface area contributed by atoms with Crippen molar-refractivity contribution in [2.75, 3.05) is 7.11 Å². The van der Waals surface area contributed by atoms with Gasteiger partial charge in [0.15, 0.2) is 5.69 Å². The molecule has 0 amide bonds. The van der Waals surface area contributed by atoms with E-state index in [1.807, 2.05) is 0 Å². The number of thiazole rings is 1. The molecule has 0 radical (unpaired) electrons. The second-order valence-corrected chi connectivity index (χ2v) is 8.72. The van der Waals surface area contributed by atoms with Crippen LogP contribution in [0.25, 0.3) is 10.2 Å². The van der Waals surface area contributed by atoms with Gasteiger partial charge >= 0.3 is 12.1 Å². The van der Waals surface area contributed by atoms with Crippen LogP contribution in [0.5, 0.6) is 0 Å². The van der Waals surface area contributed by atoms with E-state index in [1.54, 1.807) is 38.1 Å². The zero-order valence-corrected chi connectivity index (χ0v) is 18.7. The van der Waals surface area contributed by atoms with Crippen LogP contribution in [0, 0.1) is 5.92 Å². The molecular formula is C21H17F5N2O2S2. The summed E-state index contributed by atoms with van der Waals surface area (Å²) in [7, 11) is 0.958. The van der Waals surface area contributed by atoms with Crippen LogP contribution in [0.15, 0.2) is 24.3 Å². The first kappa shape index (κ1) is 24.1. The minimum absolute atomic E-state index is 0.0964. The summed E-state index contributed by atoms with van der Waals surface area (Å²) in [4.78, 5) is 19.6. The number of hydrogen-bond acceptors (Lipinski definition) is 6. The van der Waals surface area contributed by atoms with Gasteiger partial charge in [-0.15, -0.1) is 11.3 Å². The standard InChI is InChI=1S/C21H17F5N2O2S2/c1-9(2)8-10-13(20(29)30-3)15(18(22)23)28-17(21(24,25)26)14(10)16(31)19-27-11-6-4-5-7-12(11)32-19/h4-7,9,18H,8H2,1-3H3. The van der Waals surface area contributed by atoms with Crippen LogP contribution in [0.4, 0.5) is 22.0 Å². The number of pyridine rings is 1. The summed E-state index contributed by atoms with van der Waals surface area (Å²) in [5.74, 6) is -1.49. The van der Waals surface area contributed by atoms with Crippen LogP contribution in [-0.2, 0) is 17.3 Å². The summed E-state index contributed by atoms with van der Waals surface area (Å²) < 4.78 is 74.8. The Kier molecular flexibility index (Phi) is 6.89. The number of para-hydroxylation sites is 1. The molecule has 0 saturated carbocycles. The Balaban J connectivity index is 2.42. The first-order valence-electron chi connectivity index (χ1n) is 9.36. The van der Waals surface area contributed by atoms with Crippen molar-refractivity contribution in [1.82, 2.24) is 9.97 Å². The third-order valence-corrected chi connectivity index (χ3v) is 6.10. The number of nitrogens with zero attached hydrogens (tertiary/aromatic N) is 2. The molecule has 0 spiro atoms. The van der Waals surface area contributed by atoms with Crippen molar-refractivity contribution in [1.29, 1.82) is 0 Å². The van der Waals surface area contributed by atoms with Gasteiger partial charge in [0, 0.05) is 5.56 Å². The number of halogens is 5. The van der Waals surface area contributed by atoms with Crippen molar-refractivity contribution in [3.63, 3.8) is 0 Å². The molecule has 2 aromatic heterocycles. The van der Waals surface area contributed by atoms with E-state index in [1.165, 1.54) is 0 Å². The van der Waals surface area contributed by atoms with Crippen molar-refractivity contribution >= 4 is 44.6 Å². The highest BCUT2D eigenvalue weighted by atomic mass is 32.1. The number of fused-ring (bicyclic) bond motifs is 1. The van der Waals surface area contributed by atoms with E-state index in [0.29, 0.717) is 10.2 Å². The largest absolute Gasteiger partial charge is 0.465 e. The van der Waals surface area contributed by atoms with Crippen LogP contribution >= 0.6 is 23.6 Å². The maximum absolute atomic E-state index is 14.0. The molecule has 0 aliphatic carbocycles. The minimum Gasteiger partial charge on any atom is -0.465 e. The number of aromatic nitrogens is 2. The van der Waals surface area contributed by atoms with Crippen LogP contribution < -0.4 is 0 Å². The van der Waals surface area contributed by atoms with Gasteiger partial charge in [0.05, 0.1) is 27.8 Å². The lowest BCUT2D eigenvalue weighted by Crippen LogP contribution is -2.25. The van der Waals surface area contributed by atoms with E-state index in [-0.39, 0.29) is 27.8 Å². The lowest BCUT2D eigenvalue weighted by Gasteiger charge is -2.22. The number of benzene rings is 1. The smallest absolute Gasteiger partial charge is 0.434 e. The van der Waals surface area contributed by atoms with Crippen LogP contribution in [0.2, 0.25) is 0 Å². The Hall–Kier alpha value is -2.53. The monoisotopic (exact) mass is 488 g/mol. The molecule has 0 unspecified atom stereocenters. The molecule has 11 heteroatoms. The fourth-order valence-electron chi connectivity index (χ4n) is 3.28. The third-order valence-electron chi connectivity index (χ3n) is 4.52. The molecule has 170 valence electrons. The summed E-state index contributed by atoms with van der Waals surface area (Å²) in [6, 6.07) is 6.87. The van der Waals surface area contributed by atoms with Crippen molar-refractivity contribution in [3.8, 4) is 0 Å². The maximum Gasteiger partial charge on any atom is 0.434 e. The first-order valence-corrected chi connectivity index (χ1v) is 10.6. The normalized spacial score (nSPS) is 12.1. The summed E-state index contributed by atoms with van der Waals surface area (Å²) >= 11 is 6.45. The van der Waals surface area contributed by atoms with Crippen molar-refractivity contribution in [3.05, 3.63) is 57.4 Å². The second-order valence-electron chi connectivity index (χ2n) is 7.28. The summed E-state index contributed by atoms with van der Waals surface area (Å²) in [5, 5.41) is 0.0964. The number of carbonyl (C=O) groups is 1. The molecule has 0 saturated heterocycles. The summed E-state index contributed by atoms with van der Waals surface area (Å²) in [5.41, 5.74) is -3.88. The van der Waals surface area contributed by atoms with Crippen molar-refractivity contribution in [2.45, 2.75) is 32.9 Å². The molecule has 0 aliphatic heterocycles. The van der Waals surface area contributed by atoms with Gasteiger partial charge in [0.25, 0.3) is 6.43 Å². The molecule has 2 heterocycles. The molecule has 0 fully saturated rings. The van der Waals surface area contributed by atoms with Crippen LogP contribution in [0.3, 0.4) is 0 Å². The van der Waals surface area contributed by atoms with Crippen LogP contribution in [-0.4, -0.2) is 27.9 Å². The number of esters is 1. The topological polar surface area (TPSA) is 52.1 Å². The lowest BCUT2D eigenvalue weighted by atomic mass is 9.89. The molecule has 3 aromatic rings. The van der Waals surface area contributed by atoms with Crippen LogP contribution in [0.1, 0.15) is 58.2 Å². The van der Waals surface area contributed by atoms with Gasteiger partial charge in [-0.1, -0.05) is 38.2 Å². The highest BCUT2D eigenvalue weighted by molar-refractivity contribution is 7.81. The number of methoxy groups -OCH3 is 1. The number of carbonyl (C=O) groups excluding carboxylic acids is 1. The van der Waals surface area contributed by atoms with Crippen molar-refractivity contribution < 1.29 is 31.5 Å². The molecule has 0 N–H and O–H groups in total. The third kappa shape index (κ3) is 4.63. The van der Waals surface area contributed by atoms with E-state index >= 15 is 0 Å². The second kappa shape index (κ2) is 9.14. The zero-order valence-electron chi connectivity index (χ0n) is 17.1. The summed E-state index contributed by atoms with van der Waals surface area (Å²) in [6.07, 6.45) is -8.66. The van der Waals surface area contributed by atoms with E-state index in [0.717, 1.165) is 18.4 Å². The van der Waals surface area contributed by atoms with E-state index < -0.39 is 41.1 Å². The highest BCUT2D eigenvalue weighted by Gasteiger charge is 2.42. The van der Waals surface area contributed by atoms with E-state index in [9.17, 15) is 26.7 Å². The SMILES string of the molecule is COC(=O)c1c(C(F)F)nc(C(F)(F)F)c(C(=S)c2nc3ccccc3s2)c1CC(C)C. The fraction of sp³-hybridized carbons (Fsp3) is 0.333. The molecule has 4 nitrogen and oxygen atoms in total. The average molecular weight is 489 g/mol. The molecule has 3 rings (SSSR count). The molecule has 0 atom stereocenters. The quantitative estimate of drug-likeness (QED) is 0.174. The first-order chi connectivity index (χ1) is 15.0. The van der Waals surface area contributed by atoms with Crippen molar-refractivity contribution in [2.24, 2.45) is 5.92 Å². The maximum atomic E-state index is 14.0. The number of thiocarbonyl (C=S) groups is 1. The number of alkyl halides is 5. The van der Waals surface area contributed by atoms with E-state index in [4.69, 9.17) is 12.2 Å². The van der Waals surface area contributed by atoms with Gasteiger partial charge in [0.1, 0.15) is 10.7 Å². The minimum atomic E-state index is -5.10. The predicted molar refractivity (Wildman–Crippen MR) is 114 cm³/mol. The summed E-state index contributed by atoms with van der Waals surface area (Å²) in [6.45, 7) is 3.36. The van der Waals surface area contributed by atoms with Gasteiger partial charge in [0.2, 0.25) is 0 Å². The fourth-order valence-corrected chi connectivity index (χ4v) is 4.58. The number of ether oxygens (including phenoxy) is 1. The van der Waals surface area contributed by atoms with E-state index in [2.05, 4.69) is 14.7 Å². The molecule has 1 aromatic carbocycles. The predicted octanol–water partition coefficient (Wildman–Crippen LogP) is 6.40. The molecular weight excluding hydrogens is 471 g/mol. The lowest BCUT2D eigenvalue weighted by molar-refractivity contribution is -0.141. The van der Waals surface area contributed by atoms with Gasteiger partial charge in [-0.25, -0.2) is 23.5 Å². The molecule has 0 bridgehead atoms. The Morgan fingerprint density at radius 1 is 1.16 bits per heavy atom. The molecule has 32 heavy (non-hydrogen) atoms. The average Bonchev–Trinajstić information content (AvgIpc) is 3.15. The van der Waals surface area contributed by atoms with Gasteiger partial charge in [-0.2, -0.15) is 13.2 Å². The van der Waals surface area contributed by atoms with Gasteiger partial charge in [-0.05, 0) is 30.0 Å². The van der Waals surface area contributed by atoms with Gasteiger partial charge in [-0.3, -0.25) is 0 Å². The Morgan fingerprint density at radius 2 is 1.81 bits per heavy atom. The Morgan fingerprint density at radius 3 is 2.34 bits per heavy atom. The molecule has 0 aliphatic rings. The number of rotatable bonds is 6. The Bertz CT molecular complexity index is 1160. The zero-order chi connectivity index (χ0) is 23.8. The Labute approximate surface area is 189 Å². The number of hydrogen-bond donors (Lipinski definition) is 0. The highest BCUT2D eigenvalue weighted by Crippen LogP contribution is 2.39. The van der Waals surface area contributed by atoms with Gasteiger partial charge < -0.3 is 4.74 Å².